The second-order valence-corrected chi connectivity index (χ2v) is 5.26. The Labute approximate surface area is 138 Å². The molecule has 0 fully saturated rings. The molecular weight excluding hydrogens is 310 g/mol. The predicted octanol–water partition coefficient (Wildman–Crippen LogP) is 4.30. The summed E-state index contributed by atoms with van der Waals surface area (Å²) < 4.78 is 27.4. The van der Waals surface area contributed by atoms with Gasteiger partial charge in [-0.2, -0.15) is 0 Å². The van der Waals surface area contributed by atoms with Crippen molar-refractivity contribution < 1.29 is 13.6 Å². The summed E-state index contributed by atoms with van der Waals surface area (Å²) in [6.07, 6.45) is 1.64. The lowest BCUT2D eigenvalue weighted by atomic mass is 10.1. The van der Waals surface area contributed by atoms with Gasteiger partial charge in [-0.25, -0.2) is 8.78 Å². The Balaban J connectivity index is 1.88. The molecule has 0 aliphatic rings. The Hall–Kier alpha value is -3.08. The van der Waals surface area contributed by atoms with Crippen molar-refractivity contribution in [3.63, 3.8) is 0 Å². The van der Waals surface area contributed by atoms with Crippen molar-refractivity contribution in [2.24, 2.45) is 0 Å². The van der Waals surface area contributed by atoms with Crippen molar-refractivity contribution >= 4 is 11.6 Å². The van der Waals surface area contributed by atoms with Gasteiger partial charge in [0.05, 0.1) is 12.4 Å². The van der Waals surface area contributed by atoms with Crippen molar-refractivity contribution in [3.8, 4) is 11.1 Å². The number of halogens is 2. The SMILES string of the molecule is CN(C(=O)c1c(F)cncc1F)c1ccc(-c2ccccc2)cc1. The van der Waals surface area contributed by atoms with Crippen LogP contribution in [0.2, 0.25) is 0 Å². The van der Waals surface area contributed by atoms with E-state index in [9.17, 15) is 13.6 Å². The van der Waals surface area contributed by atoms with E-state index in [1.54, 1.807) is 12.1 Å². The van der Waals surface area contributed by atoms with Crippen LogP contribution in [0.3, 0.4) is 0 Å². The maximum atomic E-state index is 13.7. The van der Waals surface area contributed by atoms with Gasteiger partial charge in [-0.3, -0.25) is 9.78 Å². The number of aromatic nitrogens is 1. The first-order valence-electron chi connectivity index (χ1n) is 7.30. The Kier molecular flexibility index (Phi) is 4.33. The maximum Gasteiger partial charge on any atom is 0.264 e. The van der Waals surface area contributed by atoms with Crippen LogP contribution in [0.25, 0.3) is 11.1 Å². The molecule has 120 valence electrons. The van der Waals surface area contributed by atoms with Crippen LogP contribution in [0.15, 0.2) is 67.0 Å². The van der Waals surface area contributed by atoms with E-state index in [1.807, 2.05) is 42.5 Å². The molecule has 0 saturated heterocycles. The summed E-state index contributed by atoms with van der Waals surface area (Å²) in [5, 5.41) is 0. The molecule has 1 aromatic heterocycles. The highest BCUT2D eigenvalue weighted by molar-refractivity contribution is 6.06. The van der Waals surface area contributed by atoms with Crippen LogP contribution < -0.4 is 4.90 Å². The van der Waals surface area contributed by atoms with E-state index in [2.05, 4.69) is 4.98 Å². The van der Waals surface area contributed by atoms with E-state index in [1.165, 1.54) is 11.9 Å². The molecule has 0 atom stereocenters. The highest BCUT2D eigenvalue weighted by Crippen LogP contribution is 2.24. The third-order valence-corrected chi connectivity index (χ3v) is 3.73. The summed E-state index contributed by atoms with van der Waals surface area (Å²) in [4.78, 5) is 16.9. The topological polar surface area (TPSA) is 33.2 Å². The summed E-state index contributed by atoms with van der Waals surface area (Å²) in [5.41, 5.74) is 1.96. The van der Waals surface area contributed by atoms with Gasteiger partial charge in [0.25, 0.3) is 5.91 Å². The Bertz CT molecular complexity index is 844. The van der Waals surface area contributed by atoms with E-state index in [0.717, 1.165) is 23.5 Å². The van der Waals surface area contributed by atoms with Crippen molar-refractivity contribution in [2.75, 3.05) is 11.9 Å². The summed E-state index contributed by atoms with van der Waals surface area (Å²) in [5.74, 6) is -2.72. The molecule has 24 heavy (non-hydrogen) atoms. The van der Waals surface area contributed by atoms with Crippen LogP contribution in [0, 0.1) is 11.6 Å². The monoisotopic (exact) mass is 324 g/mol. The van der Waals surface area contributed by atoms with Crippen LogP contribution >= 0.6 is 0 Å². The number of carbonyl (C=O) groups excluding carboxylic acids is 1. The first-order valence-corrected chi connectivity index (χ1v) is 7.30. The van der Waals surface area contributed by atoms with Crippen LogP contribution in [0.1, 0.15) is 10.4 Å². The maximum absolute atomic E-state index is 13.7. The molecule has 0 aliphatic carbocycles. The minimum Gasteiger partial charge on any atom is -0.311 e. The van der Waals surface area contributed by atoms with Gasteiger partial charge in [-0.1, -0.05) is 42.5 Å². The molecule has 2 aromatic carbocycles. The highest BCUT2D eigenvalue weighted by Gasteiger charge is 2.22. The number of carbonyl (C=O) groups is 1. The third-order valence-electron chi connectivity index (χ3n) is 3.73. The number of hydrogen-bond donors (Lipinski definition) is 0. The van der Waals surface area contributed by atoms with E-state index < -0.39 is 23.1 Å². The van der Waals surface area contributed by atoms with Gasteiger partial charge in [0.15, 0.2) is 11.6 Å². The van der Waals surface area contributed by atoms with Crippen LogP contribution in [0.4, 0.5) is 14.5 Å². The van der Waals surface area contributed by atoms with Gasteiger partial charge in [0, 0.05) is 12.7 Å². The molecule has 0 spiro atoms. The fourth-order valence-electron chi connectivity index (χ4n) is 2.41. The largest absolute Gasteiger partial charge is 0.311 e. The van der Waals surface area contributed by atoms with Crippen molar-refractivity contribution in [1.29, 1.82) is 0 Å². The van der Waals surface area contributed by atoms with Crippen LogP contribution in [0.5, 0.6) is 0 Å². The molecule has 0 N–H and O–H groups in total. The van der Waals surface area contributed by atoms with Gasteiger partial charge in [-0.15, -0.1) is 0 Å². The number of rotatable bonds is 3. The second kappa shape index (κ2) is 6.58. The number of benzene rings is 2. The van der Waals surface area contributed by atoms with Crippen molar-refractivity contribution in [1.82, 2.24) is 4.98 Å². The molecule has 0 radical (unpaired) electrons. The Morgan fingerprint density at radius 3 is 2.00 bits per heavy atom. The molecule has 0 aliphatic heterocycles. The number of anilines is 1. The van der Waals surface area contributed by atoms with Crippen LogP contribution in [-0.2, 0) is 0 Å². The standard InChI is InChI=1S/C19H14F2N2O/c1-23(19(24)18-16(20)11-22-12-17(18)21)15-9-7-14(8-10-15)13-5-3-2-4-6-13/h2-12H,1H3. The molecular formula is C19H14F2N2O. The quantitative estimate of drug-likeness (QED) is 0.719. The van der Waals surface area contributed by atoms with Gasteiger partial charge in [-0.05, 0) is 23.3 Å². The van der Waals surface area contributed by atoms with Gasteiger partial charge in [0.1, 0.15) is 5.56 Å². The molecule has 3 aromatic rings. The van der Waals surface area contributed by atoms with Gasteiger partial charge in [0.2, 0.25) is 0 Å². The zero-order valence-corrected chi connectivity index (χ0v) is 12.9. The smallest absolute Gasteiger partial charge is 0.264 e. The average Bonchev–Trinajstić information content (AvgIpc) is 2.62. The fraction of sp³-hybridized carbons (Fsp3) is 0.0526. The molecule has 0 unspecified atom stereocenters. The minimum atomic E-state index is -0.979. The number of nitrogens with zero attached hydrogens (tertiary/aromatic N) is 2. The summed E-state index contributed by atoms with van der Waals surface area (Å²) in [6, 6.07) is 16.9. The van der Waals surface area contributed by atoms with E-state index >= 15 is 0 Å². The first-order chi connectivity index (χ1) is 11.6. The van der Waals surface area contributed by atoms with E-state index in [-0.39, 0.29) is 0 Å². The Morgan fingerprint density at radius 1 is 0.875 bits per heavy atom. The zero-order chi connectivity index (χ0) is 17.1. The number of pyridine rings is 1. The molecule has 3 nitrogen and oxygen atoms in total. The van der Waals surface area contributed by atoms with Crippen LogP contribution in [-0.4, -0.2) is 17.9 Å². The van der Waals surface area contributed by atoms with Gasteiger partial charge >= 0.3 is 0 Å². The summed E-state index contributed by atoms with van der Waals surface area (Å²) >= 11 is 0. The van der Waals surface area contributed by atoms with Crippen molar-refractivity contribution in [3.05, 3.63) is 84.2 Å². The summed E-state index contributed by atoms with van der Waals surface area (Å²) in [7, 11) is 1.47. The first kappa shape index (κ1) is 15.8. The lowest BCUT2D eigenvalue weighted by molar-refractivity contribution is 0.0984. The molecule has 3 rings (SSSR count). The van der Waals surface area contributed by atoms with E-state index in [0.29, 0.717) is 5.69 Å². The fourth-order valence-corrected chi connectivity index (χ4v) is 2.41. The Morgan fingerprint density at radius 2 is 1.42 bits per heavy atom. The minimum absolute atomic E-state index is 0.537. The average molecular weight is 324 g/mol. The molecule has 1 amide bonds. The second-order valence-electron chi connectivity index (χ2n) is 5.26. The molecule has 0 saturated carbocycles. The lowest BCUT2D eigenvalue weighted by Gasteiger charge is -2.18. The zero-order valence-electron chi connectivity index (χ0n) is 12.9. The van der Waals surface area contributed by atoms with Crippen molar-refractivity contribution in [2.45, 2.75) is 0 Å². The molecule has 1 heterocycles. The predicted molar refractivity (Wildman–Crippen MR) is 88.8 cm³/mol. The summed E-state index contributed by atoms with van der Waals surface area (Å²) in [6.45, 7) is 0. The highest BCUT2D eigenvalue weighted by atomic mass is 19.1. The molecule has 0 bridgehead atoms. The number of hydrogen-bond acceptors (Lipinski definition) is 2. The molecule has 5 heteroatoms. The third kappa shape index (κ3) is 3.01. The normalized spacial score (nSPS) is 10.5. The van der Waals surface area contributed by atoms with E-state index in [4.69, 9.17) is 0 Å². The van der Waals surface area contributed by atoms with Gasteiger partial charge < -0.3 is 4.90 Å². The number of amides is 1. The lowest BCUT2D eigenvalue weighted by Crippen LogP contribution is -2.28.